The van der Waals surface area contributed by atoms with Crippen molar-refractivity contribution in [3.8, 4) is 0 Å². The highest BCUT2D eigenvalue weighted by molar-refractivity contribution is 5.82. The maximum absolute atomic E-state index is 12.3. The molecule has 4 atom stereocenters. The molecule has 2 saturated heterocycles. The molecule has 18 heavy (non-hydrogen) atoms. The fourth-order valence-corrected chi connectivity index (χ4v) is 3.33. The predicted molar refractivity (Wildman–Crippen MR) is 69.2 cm³/mol. The third-order valence-corrected chi connectivity index (χ3v) is 4.60. The minimum Gasteiger partial charge on any atom is -0.376 e. The van der Waals surface area contributed by atoms with Gasteiger partial charge in [0.15, 0.2) is 0 Å². The fourth-order valence-electron chi connectivity index (χ4n) is 3.33. The molecule has 0 aromatic rings. The molecule has 1 amide bonds. The zero-order chi connectivity index (χ0) is 12.5. The smallest absolute Gasteiger partial charge is 0.237 e. The lowest BCUT2D eigenvalue weighted by molar-refractivity contribution is -0.126. The third-order valence-electron chi connectivity index (χ3n) is 4.60. The number of hydrogen-bond donors (Lipinski definition) is 2. The molecule has 3 aliphatic rings. The van der Waals surface area contributed by atoms with Gasteiger partial charge in [-0.15, -0.1) is 0 Å². The number of amides is 1. The van der Waals surface area contributed by atoms with Gasteiger partial charge < -0.3 is 15.4 Å². The second-order valence-corrected chi connectivity index (χ2v) is 6.13. The molecule has 2 heterocycles. The molecular formula is C14H24N2O2. The zero-order valence-electron chi connectivity index (χ0n) is 11.2. The van der Waals surface area contributed by atoms with E-state index in [1.54, 1.807) is 0 Å². The van der Waals surface area contributed by atoms with Crippen LogP contribution in [0.2, 0.25) is 0 Å². The van der Waals surface area contributed by atoms with Gasteiger partial charge in [-0.2, -0.15) is 0 Å². The monoisotopic (exact) mass is 252 g/mol. The molecule has 0 radical (unpaired) electrons. The molecule has 4 unspecified atom stereocenters. The average molecular weight is 252 g/mol. The Bertz CT molecular complexity index is 317. The van der Waals surface area contributed by atoms with Gasteiger partial charge in [-0.1, -0.05) is 6.92 Å². The van der Waals surface area contributed by atoms with Crippen molar-refractivity contribution in [2.75, 3.05) is 13.2 Å². The molecule has 0 aromatic carbocycles. The molecule has 0 spiro atoms. The van der Waals surface area contributed by atoms with E-state index in [-0.39, 0.29) is 24.1 Å². The Balaban J connectivity index is 1.56. The molecule has 3 fully saturated rings. The van der Waals surface area contributed by atoms with E-state index in [4.69, 9.17) is 4.74 Å². The summed E-state index contributed by atoms with van der Waals surface area (Å²) in [4.78, 5) is 12.3. The number of piperidine rings is 1. The Morgan fingerprint density at radius 3 is 2.83 bits per heavy atom. The first-order valence-electron chi connectivity index (χ1n) is 7.41. The molecule has 0 aromatic heterocycles. The molecule has 102 valence electrons. The number of carbonyl (C=O) groups is 1. The van der Waals surface area contributed by atoms with Crippen LogP contribution in [0.15, 0.2) is 0 Å². The van der Waals surface area contributed by atoms with E-state index in [0.717, 1.165) is 26.0 Å². The maximum atomic E-state index is 12.3. The lowest BCUT2D eigenvalue weighted by Crippen LogP contribution is -2.54. The Labute approximate surface area is 109 Å². The van der Waals surface area contributed by atoms with Gasteiger partial charge in [-0.25, -0.2) is 0 Å². The van der Waals surface area contributed by atoms with E-state index < -0.39 is 0 Å². The summed E-state index contributed by atoms with van der Waals surface area (Å²) in [5, 5.41) is 6.57. The third kappa shape index (κ3) is 2.54. The fraction of sp³-hybridized carbons (Fsp3) is 0.929. The standard InChI is InChI=1S/C14H24N2O2/c1-9-3-2-7-15-12(9)14(17)16-11-6-8-18-13(11)10-4-5-10/h9-13,15H,2-8H2,1H3,(H,16,17). The van der Waals surface area contributed by atoms with E-state index in [0.29, 0.717) is 11.8 Å². The zero-order valence-corrected chi connectivity index (χ0v) is 11.2. The summed E-state index contributed by atoms with van der Waals surface area (Å²) in [6.45, 7) is 3.94. The number of carbonyl (C=O) groups excluding carboxylic acids is 1. The first kappa shape index (κ1) is 12.4. The number of ether oxygens (including phenoxy) is 1. The summed E-state index contributed by atoms with van der Waals surface area (Å²) in [7, 11) is 0. The van der Waals surface area contributed by atoms with Gasteiger partial charge in [0.05, 0.1) is 18.2 Å². The maximum Gasteiger partial charge on any atom is 0.237 e. The van der Waals surface area contributed by atoms with Crippen molar-refractivity contribution >= 4 is 5.91 Å². The van der Waals surface area contributed by atoms with E-state index in [2.05, 4.69) is 17.6 Å². The van der Waals surface area contributed by atoms with Crippen LogP contribution in [0.4, 0.5) is 0 Å². The van der Waals surface area contributed by atoms with Crippen LogP contribution in [-0.2, 0) is 9.53 Å². The Morgan fingerprint density at radius 2 is 2.11 bits per heavy atom. The van der Waals surface area contributed by atoms with Crippen LogP contribution in [0.25, 0.3) is 0 Å². The molecule has 2 aliphatic heterocycles. The molecule has 4 heteroatoms. The quantitative estimate of drug-likeness (QED) is 0.789. The van der Waals surface area contributed by atoms with Gasteiger partial charge in [-0.3, -0.25) is 4.79 Å². The second-order valence-electron chi connectivity index (χ2n) is 6.13. The largest absolute Gasteiger partial charge is 0.376 e. The summed E-state index contributed by atoms with van der Waals surface area (Å²) in [5.74, 6) is 1.33. The molecule has 2 N–H and O–H groups in total. The molecule has 1 saturated carbocycles. The SMILES string of the molecule is CC1CCCNC1C(=O)NC1CCOC1C1CC1. The first-order valence-corrected chi connectivity index (χ1v) is 7.41. The van der Waals surface area contributed by atoms with Gasteiger partial charge in [0, 0.05) is 6.61 Å². The second kappa shape index (κ2) is 5.17. The minimum absolute atomic E-state index is 0.000738. The molecular weight excluding hydrogens is 228 g/mol. The van der Waals surface area contributed by atoms with Gasteiger partial charge in [0.1, 0.15) is 0 Å². The van der Waals surface area contributed by atoms with Crippen LogP contribution in [0.3, 0.4) is 0 Å². The minimum atomic E-state index is -0.000738. The summed E-state index contributed by atoms with van der Waals surface area (Å²) < 4.78 is 5.77. The highest BCUT2D eigenvalue weighted by Crippen LogP contribution is 2.38. The number of nitrogens with one attached hydrogen (secondary N) is 2. The number of hydrogen-bond acceptors (Lipinski definition) is 3. The van der Waals surface area contributed by atoms with Crippen LogP contribution in [0.1, 0.15) is 39.0 Å². The van der Waals surface area contributed by atoms with Crippen LogP contribution >= 0.6 is 0 Å². The predicted octanol–water partition coefficient (Wildman–Crippen LogP) is 1.06. The van der Waals surface area contributed by atoms with Gasteiger partial charge in [-0.05, 0) is 50.5 Å². The lowest BCUT2D eigenvalue weighted by Gasteiger charge is -2.30. The van der Waals surface area contributed by atoms with Gasteiger partial charge >= 0.3 is 0 Å². The molecule has 3 rings (SSSR count). The van der Waals surface area contributed by atoms with Crippen molar-refractivity contribution in [1.29, 1.82) is 0 Å². The van der Waals surface area contributed by atoms with Gasteiger partial charge in [0.25, 0.3) is 0 Å². The van der Waals surface area contributed by atoms with Crippen molar-refractivity contribution in [1.82, 2.24) is 10.6 Å². The normalized spacial score (nSPS) is 40.7. The summed E-state index contributed by atoms with van der Waals surface area (Å²) >= 11 is 0. The Kier molecular flexibility index (Phi) is 3.57. The van der Waals surface area contributed by atoms with E-state index in [1.807, 2.05) is 0 Å². The highest BCUT2D eigenvalue weighted by Gasteiger charge is 2.42. The lowest BCUT2D eigenvalue weighted by atomic mass is 9.91. The summed E-state index contributed by atoms with van der Waals surface area (Å²) in [6.07, 6.45) is 6.14. The summed E-state index contributed by atoms with van der Waals surface area (Å²) in [5.41, 5.74) is 0. The number of rotatable bonds is 3. The van der Waals surface area contributed by atoms with Crippen molar-refractivity contribution in [3.63, 3.8) is 0 Å². The van der Waals surface area contributed by atoms with Crippen molar-refractivity contribution in [2.24, 2.45) is 11.8 Å². The first-order chi connectivity index (χ1) is 8.75. The highest BCUT2D eigenvalue weighted by atomic mass is 16.5. The Hall–Kier alpha value is -0.610. The van der Waals surface area contributed by atoms with E-state index in [1.165, 1.54) is 19.3 Å². The van der Waals surface area contributed by atoms with E-state index in [9.17, 15) is 4.79 Å². The average Bonchev–Trinajstić information content (AvgIpc) is 3.11. The van der Waals surface area contributed by atoms with Crippen LogP contribution in [0.5, 0.6) is 0 Å². The molecule has 4 nitrogen and oxygen atoms in total. The Morgan fingerprint density at radius 1 is 1.28 bits per heavy atom. The summed E-state index contributed by atoms with van der Waals surface area (Å²) in [6, 6.07) is 0.250. The van der Waals surface area contributed by atoms with Crippen molar-refractivity contribution in [2.45, 2.75) is 57.2 Å². The van der Waals surface area contributed by atoms with Crippen LogP contribution in [0, 0.1) is 11.8 Å². The van der Waals surface area contributed by atoms with Crippen LogP contribution in [-0.4, -0.2) is 37.2 Å². The van der Waals surface area contributed by atoms with Crippen LogP contribution < -0.4 is 10.6 Å². The van der Waals surface area contributed by atoms with Gasteiger partial charge in [0.2, 0.25) is 5.91 Å². The molecule has 0 bridgehead atoms. The molecule has 1 aliphatic carbocycles. The topological polar surface area (TPSA) is 50.4 Å². The van der Waals surface area contributed by atoms with E-state index >= 15 is 0 Å². The van der Waals surface area contributed by atoms with Crippen molar-refractivity contribution in [3.05, 3.63) is 0 Å². The van der Waals surface area contributed by atoms with Crippen molar-refractivity contribution < 1.29 is 9.53 Å².